The molecule has 1 saturated heterocycles. The van der Waals surface area contributed by atoms with Crippen LogP contribution in [-0.4, -0.2) is 24.0 Å². The average Bonchev–Trinajstić information content (AvgIpc) is 2.72. The van der Waals surface area contributed by atoms with Gasteiger partial charge in [-0.3, -0.25) is 19.8 Å². The Bertz CT molecular complexity index is 1190. The van der Waals surface area contributed by atoms with Crippen molar-refractivity contribution in [2.45, 2.75) is 0 Å². The predicted octanol–water partition coefficient (Wildman–Crippen LogP) is 4.33. The molecular formula is C22H15ClN2O3S. The normalized spacial score (nSPS) is 15.7. The van der Waals surface area contributed by atoms with Crippen molar-refractivity contribution < 1.29 is 14.3 Å². The Hall–Kier alpha value is -3.22. The highest BCUT2D eigenvalue weighted by Crippen LogP contribution is 2.26. The number of carbonyl (C=O) groups excluding carboxylic acids is 2. The van der Waals surface area contributed by atoms with E-state index in [4.69, 9.17) is 28.6 Å². The first-order valence-corrected chi connectivity index (χ1v) is 9.50. The Morgan fingerprint density at radius 3 is 2.41 bits per heavy atom. The molecule has 0 saturated carbocycles. The van der Waals surface area contributed by atoms with Gasteiger partial charge >= 0.3 is 0 Å². The van der Waals surface area contributed by atoms with E-state index in [2.05, 4.69) is 5.32 Å². The first-order chi connectivity index (χ1) is 14.0. The molecular weight excluding hydrogens is 408 g/mol. The number of fused-ring (bicyclic) bond motifs is 1. The molecule has 7 heteroatoms. The zero-order valence-electron chi connectivity index (χ0n) is 15.3. The van der Waals surface area contributed by atoms with E-state index in [0.29, 0.717) is 10.7 Å². The molecule has 1 heterocycles. The highest BCUT2D eigenvalue weighted by Gasteiger charge is 2.34. The second-order valence-corrected chi connectivity index (χ2v) is 7.23. The lowest BCUT2D eigenvalue weighted by Crippen LogP contribution is -2.54. The number of carbonyl (C=O) groups is 2. The zero-order valence-corrected chi connectivity index (χ0v) is 16.9. The third-order valence-electron chi connectivity index (χ3n) is 4.57. The van der Waals surface area contributed by atoms with Crippen molar-refractivity contribution in [2.75, 3.05) is 12.0 Å². The first-order valence-electron chi connectivity index (χ1n) is 8.71. The minimum atomic E-state index is -0.528. The number of rotatable bonds is 3. The summed E-state index contributed by atoms with van der Waals surface area (Å²) in [5, 5.41) is 5.11. The summed E-state index contributed by atoms with van der Waals surface area (Å²) in [6, 6.07) is 18.0. The van der Waals surface area contributed by atoms with Gasteiger partial charge in [0.15, 0.2) is 5.11 Å². The predicted molar refractivity (Wildman–Crippen MR) is 118 cm³/mol. The molecule has 1 fully saturated rings. The van der Waals surface area contributed by atoms with E-state index in [-0.39, 0.29) is 10.7 Å². The van der Waals surface area contributed by atoms with Gasteiger partial charge in [-0.15, -0.1) is 0 Å². The van der Waals surface area contributed by atoms with Crippen LogP contribution in [0.5, 0.6) is 5.75 Å². The van der Waals surface area contributed by atoms with Gasteiger partial charge in [-0.25, -0.2) is 0 Å². The first kappa shape index (κ1) is 19.1. The Morgan fingerprint density at radius 1 is 1.00 bits per heavy atom. The van der Waals surface area contributed by atoms with E-state index in [1.165, 1.54) is 4.90 Å². The summed E-state index contributed by atoms with van der Waals surface area (Å²) in [4.78, 5) is 26.8. The molecule has 144 valence electrons. The van der Waals surface area contributed by atoms with Gasteiger partial charge in [0, 0.05) is 5.02 Å². The number of anilines is 1. The van der Waals surface area contributed by atoms with Gasteiger partial charge in [-0.2, -0.15) is 0 Å². The maximum absolute atomic E-state index is 13.0. The fourth-order valence-corrected chi connectivity index (χ4v) is 3.51. The molecule has 1 aliphatic rings. The molecule has 0 atom stereocenters. The van der Waals surface area contributed by atoms with Gasteiger partial charge in [-0.1, -0.05) is 29.8 Å². The van der Waals surface area contributed by atoms with E-state index in [1.54, 1.807) is 37.5 Å². The summed E-state index contributed by atoms with van der Waals surface area (Å²) >= 11 is 11.1. The van der Waals surface area contributed by atoms with Crippen molar-refractivity contribution >= 4 is 63.3 Å². The molecule has 4 rings (SSSR count). The van der Waals surface area contributed by atoms with Crippen molar-refractivity contribution in [3.05, 3.63) is 76.8 Å². The Labute approximate surface area is 177 Å². The molecule has 3 aromatic carbocycles. The molecule has 29 heavy (non-hydrogen) atoms. The number of nitrogens with zero attached hydrogens (tertiary/aromatic N) is 1. The number of hydrogen-bond donors (Lipinski definition) is 1. The molecule has 1 aliphatic heterocycles. The Balaban J connectivity index is 1.72. The van der Waals surface area contributed by atoms with Crippen LogP contribution in [0.1, 0.15) is 5.56 Å². The maximum atomic E-state index is 13.0. The van der Waals surface area contributed by atoms with Crippen LogP contribution in [0, 0.1) is 0 Å². The maximum Gasteiger partial charge on any atom is 0.270 e. The smallest absolute Gasteiger partial charge is 0.270 e. The van der Waals surface area contributed by atoms with Crippen molar-refractivity contribution in [3.63, 3.8) is 0 Å². The molecule has 2 amide bonds. The summed E-state index contributed by atoms with van der Waals surface area (Å²) in [6.45, 7) is 0. The summed E-state index contributed by atoms with van der Waals surface area (Å²) in [6.07, 6.45) is 1.56. The number of ether oxygens (including phenoxy) is 1. The number of methoxy groups -OCH3 is 1. The van der Waals surface area contributed by atoms with Crippen LogP contribution in [0.2, 0.25) is 5.02 Å². The second-order valence-electron chi connectivity index (χ2n) is 6.41. The Kier molecular flexibility index (Phi) is 5.05. The highest BCUT2D eigenvalue weighted by molar-refractivity contribution is 7.80. The van der Waals surface area contributed by atoms with Crippen LogP contribution >= 0.6 is 23.8 Å². The van der Waals surface area contributed by atoms with Gasteiger partial charge < -0.3 is 4.74 Å². The fraction of sp³-hybridized carbons (Fsp3) is 0.0455. The van der Waals surface area contributed by atoms with Crippen LogP contribution in [0.4, 0.5) is 5.69 Å². The fourth-order valence-electron chi connectivity index (χ4n) is 3.11. The lowest BCUT2D eigenvalue weighted by molar-refractivity contribution is -0.122. The minimum absolute atomic E-state index is 0.00131. The molecule has 0 aromatic heterocycles. The minimum Gasteiger partial charge on any atom is -0.497 e. The number of amides is 2. The van der Waals surface area contributed by atoms with E-state index in [9.17, 15) is 9.59 Å². The van der Waals surface area contributed by atoms with E-state index < -0.39 is 11.8 Å². The summed E-state index contributed by atoms with van der Waals surface area (Å²) in [5.74, 6) is -0.256. The van der Waals surface area contributed by atoms with Crippen molar-refractivity contribution in [2.24, 2.45) is 0 Å². The van der Waals surface area contributed by atoms with Crippen molar-refractivity contribution in [1.82, 2.24) is 5.32 Å². The van der Waals surface area contributed by atoms with E-state index in [1.807, 2.05) is 36.4 Å². The molecule has 0 unspecified atom stereocenters. The van der Waals surface area contributed by atoms with Gasteiger partial charge in [0.25, 0.3) is 11.8 Å². The summed E-state index contributed by atoms with van der Waals surface area (Å²) in [5.41, 5.74) is 1.26. The third-order valence-corrected chi connectivity index (χ3v) is 5.11. The molecule has 3 aromatic rings. The molecule has 0 radical (unpaired) electrons. The number of nitrogens with one attached hydrogen (secondary N) is 1. The van der Waals surface area contributed by atoms with Crippen molar-refractivity contribution in [1.29, 1.82) is 0 Å². The molecule has 1 N–H and O–H groups in total. The molecule has 0 aliphatic carbocycles. The largest absolute Gasteiger partial charge is 0.497 e. The highest BCUT2D eigenvalue weighted by atomic mass is 35.5. The quantitative estimate of drug-likeness (QED) is 0.387. The van der Waals surface area contributed by atoms with Gasteiger partial charge in [0.2, 0.25) is 0 Å². The lowest BCUT2D eigenvalue weighted by Gasteiger charge is -2.29. The van der Waals surface area contributed by atoms with E-state index >= 15 is 0 Å². The third kappa shape index (κ3) is 3.72. The number of benzene rings is 3. The zero-order chi connectivity index (χ0) is 20.5. The summed E-state index contributed by atoms with van der Waals surface area (Å²) < 4.78 is 5.24. The van der Waals surface area contributed by atoms with Crippen LogP contribution in [0.25, 0.3) is 16.8 Å². The second kappa shape index (κ2) is 7.66. The monoisotopic (exact) mass is 422 g/mol. The van der Waals surface area contributed by atoms with Gasteiger partial charge in [0.05, 0.1) is 12.8 Å². The molecule has 0 spiro atoms. The van der Waals surface area contributed by atoms with Crippen LogP contribution < -0.4 is 15.0 Å². The SMILES string of the molecule is COc1ccc2cc(/C=C3/C(=O)NC(=S)N(c4ccc(Cl)cc4)C3=O)ccc2c1. The molecule has 5 nitrogen and oxygen atoms in total. The topological polar surface area (TPSA) is 58.6 Å². The standard InChI is InChI=1S/C22H15ClN2O3S/c1-28-18-9-4-14-10-13(2-3-15(14)12-18)11-19-20(26)24-22(29)25(21(19)27)17-7-5-16(23)6-8-17/h2-12H,1H3,(H,24,26,29)/b19-11-. The van der Waals surface area contributed by atoms with Crippen LogP contribution in [-0.2, 0) is 9.59 Å². The van der Waals surface area contributed by atoms with Crippen LogP contribution in [0.15, 0.2) is 66.2 Å². The van der Waals surface area contributed by atoms with E-state index in [0.717, 1.165) is 22.1 Å². The van der Waals surface area contributed by atoms with Gasteiger partial charge in [0.1, 0.15) is 11.3 Å². The summed E-state index contributed by atoms with van der Waals surface area (Å²) in [7, 11) is 1.62. The number of thiocarbonyl (C=S) groups is 1. The Morgan fingerprint density at radius 2 is 1.69 bits per heavy atom. The number of halogens is 1. The average molecular weight is 423 g/mol. The number of hydrogen-bond acceptors (Lipinski definition) is 4. The lowest BCUT2D eigenvalue weighted by atomic mass is 10.0. The van der Waals surface area contributed by atoms with Gasteiger partial charge in [-0.05, 0) is 77.1 Å². The van der Waals surface area contributed by atoms with Crippen molar-refractivity contribution in [3.8, 4) is 5.75 Å². The van der Waals surface area contributed by atoms with Crippen LogP contribution in [0.3, 0.4) is 0 Å². The molecule has 0 bridgehead atoms.